The molecule has 0 heterocycles. The highest BCUT2D eigenvalue weighted by Crippen LogP contribution is 2.18. The monoisotopic (exact) mass is 327 g/mol. The van der Waals surface area contributed by atoms with Gasteiger partial charge in [-0.15, -0.1) is 0 Å². The van der Waals surface area contributed by atoms with E-state index in [4.69, 9.17) is 5.11 Å². The molecular weight excluding hydrogens is 306 g/mol. The van der Waals surface area contributed by atoms with E-state index in [1.165, 1.54) is 0 Å². The lowest BCUT2D eigenvalue weighted by atomic mass is 10.00. The summed E-state index contributed by atoms with van der Waals surface area (Å²) in [5.41, 5.74) is 1.73. The van der Waals surface area contributed by atoms with E-state index in [2.05, 4.69) is 28.2 Å². The molecule has 3 nitrogen and oxygen atoms in total. The van der Waals surface area contributed by atoms with Crippen LogP contribution in [0.15, 0.2) is 22.7 Å². The highest BCUT2D eigenvalue weighted by atomic mass is 79.9. The van der Waals surface area contributed by atoms with Gasteiger partial charge in [0.25, 0.3) is 5.91 Å². The Morgan fingerprint density at radius 1 is 1.42 bits per heavy atom. The maximum Gasteiger partial charge on any atom is 0.252 e. The molecule has 19 heavy (non-hydrogen) atoms. The number of carbonyl (C=O) groups is 1. The van der Waals surface area contributed by atoms with Gasteiger partial charge in [-0.3, -0.25) is 4.79 Å². The molecule has 0 aromatic heterocycles. The second kappa shape index (κ2) is 8.33. The second-order valence-corrected chi connectivity index (χ2v) is 5.71. The van der Waals surface area contributed by atoms with Gasteiger partial charge in [0, 0.05) is 17.6 Å². The van der Waals surface area contributed by atoms with Gasteiger partial charge in [0.1, 0.15) is 0 Å². The van der Waals surface area contributed by atoms with Crippen molar-refractivity contribution in [3.8, 4) is 0 Å². The molecule has 0 aliphatic carbocycles. The summed E-state index contributed by atoms with van der Waals surface area (Å²) in [4.78, 5) is 12.1. The zero-order valence-electron chi connectivity index (χ0n) is 11.6. The molecular formula is C15H22BrNO2. The standard InChI is InChI=1S/C15H22BrNO2/c1-3-4-12(7-8-18)10-17-15(19)13-9-11(2)5-6-14(13)16/h5-6,9,12,18H,3-4,7-8,10H2,1-2H3,(H,17,19). The van der Waals surface area contributed by atoms with E-state index in [1.54, 1.807) is 0 Å². The fourth-order valence-electron chi connectivity index (χ4n) is 2.08. The van der Waals surface area contributed by atoms with E-state index >= 15 is 0 Å². The quantitative estimate of drug-likeness (QED) is 0.807. The maximum absolute atomic E-state index is 12.1. The van der Waals surface area contributed by atoms with Crippen LogP contribution in [0.4, 0.5) is 0 Å². The highest BCUT2D eigenvalue weighted by molar-refractivity contribution is 9.10. The van der Waals surface area contributed by atoms with Crippen molar-refractivity contribution in [2.45, 2.75) is 33.1 Å². The van der Waals surface area contributed by atoms with Crippen LogP contribution in [0.1, 0.15) is 42.1 Å². The summed E-state index contributed by atoms with van der Waals surface area (Å²) >= 11 is 3.40. The molecule has 106 valence electrons. The number of rotatable bonds is 7. The normalized spacial score (nSPS) is 12.2. The number of nitrogens with one attached hydrogen (secondary N) is 1. The zero-order chi connectivity index (χ0) is 14.3. The summed E-state index contributed by atoms with van der Waals surface area (Å²) in [7, 11) is 0. The van der Waals surface area contributed by atoms with Crippen LogP contribution < -0.4 is 5.32 Å². The first kappa shape index (κ1) is 16.2. The molecule has 1 atom stereocenters. The Kier molecular flexibility index (Phi) is 7.10. The summed E-state index contributed by atoms with van der Waals surface area (Å²) in [5.74, 6) is 0.289. The Morgan fingerprint density at radius 3 is 2.79 bits per heavy atom. The average Bonchev–Trinajstić information content (AvgIpc) is 2.39. The smallest absolute Gasteiger partial charge is 0.252 e. The number of hydrogen-bond donors (Lipinski definition) is 2. The lowest BCUT2D eigenvalue weighted by molar-refractivity contribution is 0.0942. The molecule has 1 aromatic rings. The fraction of sp³-hybridized carbons (Fsp3) is 0.533. The number of benzene rings is 1. The van der Waals surface area contributed by atoms with Crippen molar-refractivity contribution in [3.63, 3.8) is 0 Å². The van der Waals surface area contributed by atoms with Gasteiger partial charge in [0.05, 0.1) is 5.56 Å². The van der Waals surface area contributed by atoms with Crippen LogP contribution in [0.5, 0.6) is 0 Å². The van der Waals surface area contributed by atoms with Gasteiger partial charge in [0.15, 0.2) is 0 Å². The van der Waals surface area contributed by atoms with Gasteiger partial charge in [-0.2, -0.15) is 0 Å². The van der Waals surface area contributed by atoms with E-state index in [0.717, 1.165) is 29.3 Å². The molecule has 1 unspecified atom stereocenters. The third-order valence-electron chi connectivity index (χ3n) is 3.15. The minimum Gasteiger partial charge on any atom is -0.396 e. The molecule has 1 aromatic carbocycles. The summed E-state index contributed by atoms with van der Waals surface area (Å²) in [6, 6.07) is 5.73. The number of halogens is 1. The average molecular weight is 328 g/mol. The van der Waals surface area contributed by atoms with Gasteiger partial charge in [0.2, 0.25) is 0 Å². The van der Waals surface area contributed by atoms with Crippen LogP contribution in [0.3, 0.4) is 0 Å². The molecule has 0 spiro atoms. The van der Waals surface area contributed by atoms with Crippen LogP contribution in [0, 0.1) is 12.8 Å². The molecule has 1 amide bonds. The van der Waals surface area contributed by atoms with Crippen molar-refractivity contribution in [1.82, 2.24) is 5.32 Å². The number of hydrogen-bond acceptors (Lipinski definition) is 2. The van der Waals surface area contributed by atoms with Gasteiger partial charge in [-0.1, -0.05) is 25.0 Å². The Morgan fingerprint density at radius 2 is 2.16 bits per heavy atom. The van der Waals surface area contributed by atoms with Crippen molar-refractivity contribution in [1.29, 1.82) is 0 Å². The number of carbonyl (C=O) groups excluding carboxylic acids is 1. The Bertz CT molecular complexity index is 415. The molecule has 0 bridgehead atoms. The Labute approximate surface area is 123 Å². The van der Waals surface area contributed by atoms with Gasteiger partial charge in [-0.25, -0.2) is 0 Å². The minimum atomic E-state index is -0.0605. The summed E-state index contributed by atoms with van der Waals surface area (Å²) in [6.07, 6.45) is 2.83. The number of aliphatic hydroxyl groups is 1. The van der Waals surface area contributed by atoms with Crippen LogP contribution in [0.2, 0.25) is 0 Å². The number of aliphatic hydroxyl groups excluding tert-OH is 1. The number of aryl methyl sites for hydroxylation is 1. The molecule has 4 heteroatoms. The van der Waals surface area contributed by atoms with Crippen molar-refractivity contribution in [2.75, 3.05) is 13.2 Å². The maximum atomic E-state index is 12.1. The lowest BCUT2D eigenvalue weighted by Crippen LogP contribution is -2.30. The van der Waals surface area contributed by atoms with Gasteiger partial charge in [-0.05, 0) is 53.7 Å². The summed E-state index contributed by atoms with van der Waals surface area (Å²) in [6.45, 7) is 4.88. The predicted molar refractivity (Wildman–Crippen MR) is 81.3 cm³/mol. The van der Waals surface area contributed by atoms with Gasteiger partial charge >= 0.3 is 0 Å². The van der Waals surface area contributed by atoms with E-state index < -0.39 is 0 Å². The lowest BCUT2D eigenvalue weighted by Gasteiger charge is -2.16. The van der Waals surface area contributed by atoms with Crippen LogP contribution in [0.25, 0.3) is 0 Å². The fourth-order valence-corrected chi connectivity index (χ4v) is 2.51. The van der Waals surface area contributed by atoms with Crippen molar-refractivity contribution >= 4 is 21.8 Å². The molecule has 0 fully saturated rings. The molecule has 0 saturated carbocycles. The molecule has 0 radical (unpaired) electrons. The van der Waals surface area contributed by atoms with Crippen LogP contribution in [-0.4, -0.2) is 24.2 Å². The van der Waals surface area contributed by atoms with E-state index in [1.807, 2.05) is 25.1 Å². The zero-order valence-corrected chi connectivity index (χ0v) is 13.2. The molecule has 0 aliphatic rings. The van der Waals surface area contributed by atoms with Crippen molar-refractivity contribution in [2.24, 2.45) is 5.92 Å². The third-order valence-corrected chi connectivity index (χ3v) is 3.84. The minimum absolute atomic E-state index is 0.0605. The number of amides is 1. The van der Waals surface area contributed by atoms with Crippen LogP contribution in [-0.2, 0) is 0 Å². The predicted octanol–water partition coefficient (Wildman–Crippen LogP) is 3.29. The summed E-state index contributed by atoms with van der Waals surface area (Å²) < 4.78 is 0.810. The molecule has 0 aliphatic heterocycles. The Hall–Kier alpha value is -0.870. The third kappa shape index (κ3) is 5.33. The topological polar surface area (TPSA) is 49.3 Å². The first-order chi connectivity index (χ1) is 9.08. The van der Waals surface area contributed by atoms with E-state index in [9.17, 15) is 4.79 Å². The SMILES string of the molecule is CCCC(CCO)CNC(=O)c1cc(C)ccc1Br. The van der Waals surface area contributed by atoms with Crippen molar-refractivity contribution in [3.05, 3.63) is 33.8 Å². The first-order valence-corrected chi connectivity index (χ1v) is 7.53. The van der Waals surface area contributed by atoms with Crippen molar-refractivity contribution < 1.29 is 9.90 Å². The molecule has 2 N–H and O–H groups in total. The molecule has 0 saturated heterocycles. The van der Waals surface area contributed by atoms with Gasteiger partial charge < -0.3 is 10.4 Å². The van der Waals surface area contributed by atoms with E-state index in [0.29, 0.717) is 18.0 Å². The van der Waals surface area contributed by atoms with E-state index in [-0.39, 0.29) is 12.5 Å². The highest BCUT2D eigenvalue weighted by Gasteiger charge is 2.13. The van der Waals surface area contributed by atoms with Crippen LogP contribution >= 0.6 is 15.9 Å². The molecule has 1 rings (SSSR count). The summed E-state index contributed by atoms with van der Waals surface area (Å²) in [5, 5.41) is 12.0. The second-order valence-electron chi connectivity index (χ2n) is 4.86. The first-order valence-electron chi connectivity index (χ1n) is 6.73. The largest absolute Gasteiger partial charge is 0.396 e. The Balaban J connectivity index is 2.61.